The fourth-order valence-corrected chi connectivity index (χ4v) is 14.3. The monoisotopic (exact) mass is 760 g/mol. The minimum atomic E-state index is -0.266. The Balaban J connectivity index is 0.000000165. The van der Waals surface area contributed by atoms with Crippen LogP contribution in [0.25, 0.3) is 0 Å². The minimum absolute atomic E-state index is 0.0209. The largest absolute Gasteiger partial charge is 0.496 e. The maximum Gasteiger partial charge on any atom is 0.308 e. The predicted octanol–water partition coefficient (Wildman–Crippen LogP) is 10.7. The summed E-state index contributed by atoms with van der Waals surface area (Å²) in [5.41, 5.74) is 5.10. The van der Waals surface area contributed by atoms with Crippen LogP contribution in [0, 0.1) is 47.3 Å². The summed E-state index contributed by atoms with van der Waals surface area (Å²) in [6.07, 6.45) is 18.9. The van der Waals surface area contributed by atoms with Crippen molar-refractivity contribution in [2.75, 3.05) is 25.7 Å². The highest BCUT2D eigenvalue weighted by molar-refractivity contribution is 8.14. The van der Waals surface area contributed by atoms with Gasteiger partial charge in [-0.3, -0.25) is 9.59 Å². The molecule has 6 aliphatic rings. The first-order valence-corrected chi connectivity index (χ1v) is 23.3. The molecule has 290 valence electrons. The number of hydrogen-bond donors (Lipinski definition) is 0. The summed E-state index contributed by atoms with van der Waals surface area (Å²) >= 11 is 3.58. The molecule has 10 unspecified atom stereocenters. The molecule has 2 aromatic rings. The predicted molar refractivity (Wildman–Crippen MR) is 219 cm³/mol. The van der Waals surface area contributed by atoms with Crippen LogP contribution in [0.4, 0.5) is 0 Å². The highest BCUT2D eigenvalue weighted by atomic mass is 32.2. The summed E-state index contributed by atoms with van der Waals surface area (Å²) in [6, 6.07) is 13.1. The van der Waals surface area contributed by atoms with Gasteiger partial charge in [0.15, 0.2) is 5.12 Å². The molecule has 4 bridgehead atoms. The van der Waals surface area contributed by atoms with E-state index in [-0.39, 0.29) is 11.4 Å². The number of thioether (sulfide) groups is 2. The van der Waals surface area contributed by atoms with Gasteiger partial charge in [0.2, 0.25) is 0 Å². The van der Waals surface area contributed by atoms with Crippen molar-refractivity contribution in [2.45, 2.75) is 128 Å². The van der Waals surface area contributed by atoms with E-state index in [1.165, 1.54) is 87.2 Å². The first-order chi connectivity index (χ1) is 25.7. The van der Waals surface area contributed by atoms with Crippen molar-refractivity contribution < 1.29 is 23.8 Å². The van der Waals surface area contributed by atoms with Crippen LogP contribution in [-0.4, -0.2) is 48.2 Å². The number of fused-ring (bicyclic) bond motifs is 12. The Morgan fingerprint density at radius 2 is 1.42 bits per heavy atom. The number of ether oxygens (including phenoxy) is 3. The Bertz CT molecular complexity index is 1600. The van der Waals surface area contributed by atoms with Crippen LogP contribution >= 0.6 is 23.5 Å². The lowest BCUT2D eigenvalue weighted by molar-refractivity contribution is -0.131. The molecule has 0 N–H and O–H groups in total. The Labute approximate surface area is 328 Å². The molecule has 0 saturated heterocycles. The average Bonchev–Trinajstić information content (AvgIpc) is 3.99. The second kappa shape index (κ2) is 17.0. The van der Waals surface area contributed by atoms with Crippen LogP contribution in [0.15, 0.2) is 36.4 Å². The number of carbonyl (C=O) groups excluding carboxylic acids is 2. The molecule has 0 heterocycles. The molecule has 0 aliphatic heterocycles. The zero-order valence-electron chi connectivity index (χ0n) is 33.2. The third-order valence-corrected chi connectivity index (χ3v) is 16.4. The summed E-state index contributed by atoms with van der Waals surface area (Å²) in [5, 5.41) is 0.962. The van der Waals surface area contributed by atoms with Crippen molar-refractivity contribution in [3.63, 3.8) is 0 Å². The fraction of sp³-hybridized carbons (Fsp3) is 0.696. The van der Waals surface area contributed by atoms with Gasteiger partial charge in [0.05, 0.1) is 13.2 Å². The molecule has 0 radical (unpaired) electrons. The quantitative estimate of drug-likeness (QED) is 0.0924. The van der Waals surface area contributed by atoms with Gasteiger partial charge < -0.3 is 14.2 Å². The Hall–Kier alpha value is -1.96. The molecule has 6 aliphatic carbocycles. The van der Waals surface area contributed by atoms with Crippen molar-refractivity contribution in [1.82, 2.24) is 0 Å². The van der Waals surface area contributed by atoms with Crippen molar-refractivity contribution in [3.05, 3.63) is 58.7 Å². The highest BCUT2D eigenvalue weighted by Gasteiger charge is 2.68. The van der Waals surface area contributed by atoms with Crippen LogP contribution in [0.5, 0.6) is 11.5 Å². The molecule has 8 rings (SSSR count). The standard InChI is InChI=1S/C25H32O3.C21H32O2S2/c1-5-19-16-21(10-12-23(19)27-4)25(14-8-7-9-15-25)22-11-13-24(28-18(3)26)20(6-2)17-22;1-11(22)25-13-8-14-15(9-13)17-10-16(14)20-12-6-18(21(17)20)19(7-12)23-4-3-5-24-2/h10-13,16-17H,5-9,14-15H2,1-4H3;12-21H,3-10H2,1-2H3. The first kappa shape index (κ1) is 39.3. The zero-order chi connectivity index (χ0) is 37.3. The van der Waals surface area contributed by atoms with Gasteiger partial charge in [-0.05, 0) is 158 Å². The molecule has 7 heteroatoms. The molecular formula is C46H64O5S2. The lowest BCUT2D eigenvalue weighted by Gasteiger charge is -2.43. The smallest absolute Gasteiger partial charge is 0.308 e. The number of carbonyl (C=O) groups is 2. The number of benzene rings is 2. The minimum Gasteiger partial charge on any atom is -0.496 e. The van der Waals surface area contributed by atoms with Gasteiger partial charge in [-0.2, -0.15) is 11.8 Å². The number of aryl methyl sites for hydroxylation is 2. The third kappa shape index (κ3) is 7.75. The first-order valence-electron chi connectivity index (χ1n) is 21.0. The number of rotatable bonds is 12. The Morgan fingerprint density at radius 1 is 0.774 bits per heavy atom. The van der Waals surface area contributed by atoms with Crippen LogP contribution < -0.4 is 9.47 Å². The van der Waals surface area contributed by atoms with E-state index in [0.29, 0.717) is 22.2 Å². The summed E-state index contributed by atoms with van der Waals surface area (Å²) in [4.78, 5) is 23.0. The molecular weight excluding hydrogens is 697 g/mol. The van der Waals surface area contributed by atoms with Crippen molar-refractivity contribution in [3.8, 4) is 11.5 Å². The number of hydrogen-bond acceptors (Lipinski definition) is 7. The SMILES string of the molecule is CCc1cc(C2(c3ccc(OC(C)=O)c(CC)c3)CCCCC2)ccc1OC.CSCCCOC1CC2CC1C1C3CC(C4CC(SC(C)=O)CC43)C21. The van der Waals surface area contributed by atoms with E-state index in [0.717, 1.165) is 90.9 Å². The fourth-order valence-electron chi connectivity index (χ4n) is 12.8. The maximum atomic E-state index is 11.5. The van der Waals surface area contributed by atoms with Crippen LogP contribution in [0.3, 0.4) is 0 Å². The third-order valence-electron chi connectivity index (χ3n) is 14.6. The van der Waals surface area contributed by atoms with Crippen LogP contribution in [0.2, 0.25) is 0 Å². The zero-order valence-corrected chi connectivity index (χ0v) is 34.8. The second-order valence-electron chi connectivity index (χ2n) is 17.2. The molecule has 0 spiro atoms. The lowest BCUT2D eigenvalue weighted by atomic mass is 9.64. The summed E-state index contributed by atoms with van der Waals surface area (Å²) < 4.78 is 17.4. The molecule has 53 heavy (non-hydrogen) atoms. The highest BCUT2D eigenvalue weighted by Crippen LogP contribution is 2.73. The molecule has 5 nitrogen and oxygen atoms in total. The van der Waals surface area contributed by atoms with Gasteiger partial charge in [-0.1, -0.05) is 69.1 Å². The van der Waals surface area contributed by atoms with E-state index in [2.05, 4.69) is 50.4 Å². The van der Waals surface area contributed by atoms with Crippen molar-refractivity contribution in [1.29, 1.82) is 0 Å². The van der Waals surface area contributed by atoms with Crippen LogP contribution in [-0.2, 0) is 32.6 Å². The topological polar surface area (TPSA) is 61.8 Å². The molecule has 2 aromatic carbocycles. The summed E-state index contributed by atoms with van der Waals surface area (Å²) in [5.74, 6) is 10.4. The van der Waals surface area contributed by atoms with Gasteiger partial charge >= 0.3 is 5.97 Å². The van der Waals surface area contributed by atoms with Gasteiger partial charge in [-0.25, -0.2) is 0 Å². The molecule has 0 amide bonds. The summed E-state index contributed by atoms with van der Waals surface area (Å²) in [7, 11) is 1.74. The van der Waals surface area contributed by atoms with E-state index in [1.54, 1.807) is 25.8 Å². The van der Waals surface area contributed by atoms with Crippen molar-refractivity contribution in [2.24, 2.45) is 47.3 Å². The normalized spacial score (nSPS) is 32.9. The number of esters is 1. The molecule has 10 atom stereocenters. The van der Waals surface area contributed by atoms with Gasteiger partial charge in [0.25, 0.3) is 0 Å². The molecule has 6 fully saturated rings. The van der Waals surface area contributed by atoms with E-state index < -0.39 is 0 Å². The van der Waals surface area contributed by atoms with E-state index in [9.17, 15) is 9.59 Å². The van der Waals surface area contributed by atoms with E-state index in [1.807, 2.05) is 17.8 Å². The van der Waals surface area contributed by atoms with Gasteiger partial charge in [-0.15, -0.1) is 0 Å². The average molecular weight is 761 g/mol. The lowest BCUT2D eigenvalue weighted by Crippen LogP contribution is -2.41. The molecule has 6 saturated carbocycles. The van der Waals surface area contributed by atoms with Crippen LogP contribution in [0.1, 0.15) is 121 Å². The molecule has 0 aromatic heterocycles. The van der Waals surface area contributed by atoms with E-state index >= 15 is 0 Å². The Kier molecular flexibility index (Phi) is 12.6. The second-order valence-corrected chi connectivity index (χ2v) is 19.7. The van der Waals surface area contributed by atoms with Gasteiger partial charge in [0, 0.05) is 31.1 Å². The summed E-state index contributed by atoms with van der Waals surface area (Å²) in [6.45, 7) is 8.48. The van der Waals surface area contributed by atoms with E-state index in [4.69, 9.17) is 14.2 Å². The Morgan fingerprint density at radius 3 is 2.02 bits per heavy atom. The van der Waals surface area contributed by atoms with Crippen molar-refractivity contribution >= 4 is 34.6 Å². The maximum absolute atomic E-state index is 11.5. The number of methoxy groups -OCH3 is 1. The van der Waals surface area contributed by atoms with Gasteiger partial charge in [0.1, 0.15) is 11.5 Å².